The van der Waals surface area contributed by atoms with E-state index >= 15 is 0 Å². The topological polar surface area (TPSA) is 43.4 Å². The van der Waals surface area contributed by atoms with Gasteiger partial charge in [-0.15, -0.1) is 0 Å². The van der Waals surface area contributed by atoms with Crippen LogP contribution in [0.15, 0.2) is 18.2 Å². The molecule has 0 saturated carbocycles. The Hall–Kier alpha value is -1.35. The lowest BCUT2D eigenvalue weighted by Crippen LogP contribution is -2.00. The molecule has 0 aliphatic carbocycles. The van der Waals surface area contributed by atoms with E-state index in [0.717, 1.165) is 0 Å². The van der Waals surface area contributed by atoms with Crippen molar-refractivity contribution in [1.29, 1.82) is 0 Å². The normalized spacial score (nSPS) is 9.64. The molecule has 0 saturated heterocycles. The maximum Gasteiger partial charge on any atom is 0.409 e. The number of ether oxygens (including phenoxy) is 1. The Morgan fingerprint density at radius 2 is 2.00 bits per heavy atom. The highest BCUT2D eigenvalue weighted by atomic mass is 35.5. The molecule has 0 atom stereocenters. The minimum absolute atomic E-state index is 0.0307. The van der Waals surface area contributed by atoms with E-state index in [2.05, 4.69) is 0 Å². The van der Waals surface area contributed by atoms with Gasteiger partial charge in [-0.05, 0) is 37.6 Å². The Labute approximate surface area is 86.6 Å². The van der Waals surface area contributed by atoms with Crippen LogP contribution in [-0.4, -0.2) is 11.2 Å². The largest absolute Gasteiger partial charge is 0.414 e. The molecule has 0 fully saturated rings. The first-order valence-corrected chi connectivity index (χ1v) is 4.37. The molecule has 0 aromatic heterocycles. The maximum atomic E-state index is 11.0. The van der Waals surface area contributed by atoms with Crippen molar-refractivity contribution in [2.45, 2.75) is 13.8 Å². The molecule has 1 aromatic rings. The van der Waals surface area contributed by atoms with Gasteiger partial charge in [0, 0.05) is 17.2 Å². The van der Waals surface area contributed by atoms with Crippen molar-refractivity contribution in [2.24, 2.45) is 0 Å². The molecule has 14 heavy (non-hydrogen) atoms. The molecule has 74 valence electrons. The number of ketones is 1. The summed E-state index contributed by atoms with van der Waals surface area (Å²) in [4.78, 5) is 21.5. The molecule has 0 radical (unpaired) electrons. The zero-order valence-electron chi connectivity index (χ0n) is 7.83. The van der Waals surface area contributed by atoms with Gasteiger partial charge in [-0.3, -0.25) is 4.79 Å². The highest BCUT2D eigenvalue weighted by Crippen LogP contribution is 2.20. The van der Waals surface area contributed by atoms with Crippen molar-refractivity contribution < 1.29 is 14.3 Å². The summed E-state index contributed by atoms with van der Waals surface area (Å²) >= 11 is 5.06. The molecular weight excluding hydrogens is 204 g/mol. The monoisotopic (exact) mass is 212 g/mol. The van der Waals surface area contributed by atoms with Crippen LogP contribution in [-0.2, 0) is 0 Å². The molecule has 0 amide bonds. The van der Waals surface area contributed by atoms with Crippen LogP contribution in [0.2, 0.25) is 0 Å². The van der Waals surface area contributed by atoms with Crippen LogP contribution in [0.5, 0.6) is 5.75 Å². The molecule has 1 aromatic carbocycles. The Balaban J connectivity index is 3.01. The number of Topliss-reactive ketones (excluding diaryl/α,β-unsaturated/α-hetero) is 1. The summed E-state index contributed by atoms with van der Waals surface area (Å²) in [6, 6.07) is 4.79. The third kappa shape index (κ3) is 2.57. The van der Waals surface area contributed by atoms with E-state index in [0.29, 0.717) is 16.9 Å². The second kappa shape index (κ2) is 4.24. The summed E-state index contributed by atoms with van der Waals surface area (Å²) in [5.74, 6) is 0.340. The standard InChI is InChI=1S/C10H9ClO3/c1-6-5-8(7(2)12)3-4-9(6)14-10(11)13/h3-5H,1-2H3. The fourth-order valence-corrected chi connectivity index (χ4v) is 1.15. The smallest absolute Gasteiger partial charge is 0.409 e. The van der Waals surface area contributed by atoms with Gasteiger partial charge in [-0.2, -0.15) is 0 Å². The van der Waals surface area contributed by atoms with Crippen LogP contribution in [0, 0.1) is 6.92 Å². The summed E-state index contributed by atoms with van der Waals surface area (Å²) in [5, 5.41) is 0. The van der Waals surface area contributed by atoms with Crippen LogP contribution < -0.4 is 4.74 Å². The molecule has 0 heterocycles. The summed E-state index contributed by atoms with van der Waals surface area (Å²) in [6.45, 7) is 3.21. The Morgan fingerprint density at radius 3 is 2.43 bits per heavy atom. The Morgan fingerprint density at radius 1 is 1.36 bits per heavy atom. The number of benzene rings is 1. The lowest BCUT2D eigenvalue weighted by molar-refractivity contribution is 0.101. The van der Waals surface area contributed by atoms with Crippen molar-refractivity contribution in [3.05, 3.63) is 29.3 Å². The Bertz CT molecular complexity index is 385. The van der Waals surface area contributed by atoms with Gasteiger partial charge in [0.15, 0.2) is 5.78 Å². The fourth-order valence-electron chi connectivity index (χ4n) is 1.07. The number of carbonyl (C=O) groups excluding carboxylic acids is 2. The summed E-state index contributed by atoms with van der Waals surface area (Å²) in [7, 11) is 0. The van der Waals surface area contributed by atoms with E-state index < -0.39 is 5.43 Å². The third-order valence-corrected chi connectivity index (χ3v) is 1.85. The van der Waals surface area contributed by atoms with E-state index in [1.54, 1.807) is 25.1 Å². The minimum atomic E-state index is -0.885. The zero-order chi connectivity index (χ0) is 10.7. The lowest BCUT2D eigenvalue weighted by Gasteiger charge is -2.04. The van der Waals surface area contributed by atoms with Crippen molar-refractivity contribution >= 4 is 22.8 Å². The summed E-state index contributed by atoms with van der Waals surface area (Å²) < 4.78 is 4.69. The average molecular weight is 213 g/mol. The molecule has 1 rings (SSSR count). The Kier molecular flexibility index (Phi) is 3.25. The fraction of sp³-hybridized carbons (Fsp3) is 0.200. The lowest BCUT2D eigenvalue weighted by atomic mass is 10.1. The molecule has 3 nitrogen and oxygen atoms in total. The van der Waals surface area contributed by atoms with Crippen molar-refractivity contribution in [3.8, 4) is 5.75 Å². The average Bonchev–Trinajstić information content (AvgIpc) is 2.07. The van der Waals surface area contributed by atoms with E-state index in [4.69, 9.17) is 16.3 Å². The van der Waals surface area contributed by atoms with E-state index in [-0.39, 0.29) is 5.78 Å². The molecule has 0 bridgehead atoms. The molecular formula is C10H9ClO3. The van der Waals surface area contributed by atoms with Gasteiger partial charge in [0.2, 0.25) is 0 Å². The molecule has 0 aliphatic rings. The molecule has 0 aliphatic heterocycles. The highest BCUT2D eigenvalue weighted by Gasteiger charge is 2.06. The maximum absolute atomic E-state index is 11.0. The van der Waals surface area contributed by atoms with Gasteiger partial charge >= 0.3 is 5.43 Å². The van der Waals surface area contributed by atoms with E-state index in [9.17, 15) is 9.59 Å². The molecule has 4 heteroatoms. The van der Waals surface area contributed by atoms with Crippen LogP contribution in [0.25, 0.3) is 0 Å². The molecule has 0 N–H and O–H groups in total. The number of aryl methyl sites for hydroxylation is 1. The SMILES string of the molecule is CC(=O)c1ccc(OC(=O)Cl)c(C)c1. The zero-order valence-corrected chi connectivity index (χ0v) is 8.59. The minimum Gasteiger partial charge on any atom is -0.414 e. The van der Waals surface area contributed by atoms with Gasteiger partial charge < -0.3 is 4.74 Å². The first-order valence-electron chi connectivity index (χ1n) is 3.99. The van der Waals surface area contributed by atoms with Gasteiger partial charge in [0.05, 0.1) is 0 Å². The third-order valence-electron chi connectivity index (χ3n) is 1.77. The first-order chi connectivity index (χ1) is 6.50. The number of hydrogen-bond acceptors (Lipinski definition) is 3. The number of carbonyl (C=O) groups is 2. The van der Waals surface area contributed by atoms with Crippen LogP contribution in [0.3, 0.4) is 0 Å². The molecule has 0 spiro atoms. The van der Waals surface area contributed by atoms with Gasteiger partial charge in [-0.25, -0.2) is 4.79 Å². The second-order valence-corrected chi connectivity index (χ2v) is 3.18. The van der Waals surface area contributed by atoms with Crippen molar-refractivity contribution in [1.82, 2.24) is 0 Å². The number of hydrogen-bond donors (Lipinski definition) is 0. The van der Waals surface area contributed by atoms with Crippen LogP contribution in [0.1, 0.15) is 22.8 Å². The van der Waals surface area contributed by atoms with Gasteiger partial charge in [-0.1, -0.05) is 0 Å². The predicted molar refractivity (Wildman–Crippen MR) is 53.1 cm³/mol. The number of rotatable bonds is 2. The molecule has 0 unspecified atom stereocenters. The van der Waals surface area contributed by atoms with E-state index in [1.807, 2.05) is 0 Å². The van der Waals surface area contributed by atoms with Crippen LogP contribution >= 0.6 is 11.6 Å². The van der Waals surface area contributed by atoms with Gasteiger partial charge in [0.25, 0.3) is 0 Å². The van der Waals surface area contributed by atoms with Gasteiger partial charge in [0.1, 0.15) is 5.75 Å². The first kappa shape index (κ1) is 10.7. The second-order valence-electron chi connectivity index (χ2n) is 2.88. The predicted octanol–water partition coefficient (Wildman–Crippen LogP) is 2.94. The van der Waals surface area contributed by atoms with Crippen molar-refractivity contribution in [2.75, 3.05) is 0 Å². The van der Waals surface area contributed by atoms with Crippen LogP contribution in [0.4, 0.5) is 4.79 Å². The number of halogens is 1. The van der Waals surface area contributed by atoms with E-state index in [1.165, 1.54) is 6.92 Å². The summed E-state index contributed by atoms with van der Waals surface area (Å²) in [6.07, 6.45) is 0. The highest BCUT2D eigenvalue weighted by molar-refractivity contribution is 6.61. The quantitative estimate of drug-likeness (QED) is 0.559. The van der Waals surface area contributed by atoms with Crippen molar-refractivity contribution in [3.63, 3.8) is 0 Å². The summed E-state index contributed by atoms with van der Waals surface area (Å²) in [5.41, 5.74) is 0.396.